The molecule has 0 radical (unpaired) electrons. The molecule has 0 amide bonds. The van der Waals surface area contributed by atoms with Crippen molar-refractivity contribution in [3.05, 3.63) is 54.2 Å². The van der Waals surface area contributed by atoms with Gasteiger partial charge in [-0.3, -0.25) is 4.98 Å². The summed E-state index contributed by atoms with van der Waals surface area (Å²) in [5.41, 5.74) is 3.59. The maximum absolute atomic E-state index is 4.30. The number of nitrogens with zero attached hydrogens (tertiary/aromatic N) is 1. The van der Waals surface area contributed by atoms with Gasteiger partial charge in [0.15, 0.2) is 0 Å². The minimum Gasteiger partial charge on any atom is -0.256 e. The first kappa shape index (κ1) is 16.4. The van der Waals surface area contributed by atoms with Gasteiger partial charge in [0.1, 0.15) is 0 Å². The highest BCUT2D eigenvalue weighted by Gasteiger charge is 1.96. The van der Waals surface area contributed by atoms with E-state index in [2.05, 4.69) is 36.2 Å². The van der Waals surface area contributed by atoms with Crippen LogP contribution in [0.1, 0.15) is 40.2 Å². The molecular formula is C17H25N. The Bertz CT molecular complexity index is 390. The lowest BCUT2D eigenvalue weighted by molar-refractivity contribution is 1.14. The number of aryl methyl sites for hydroxylation is 1. The molecule has 0 bridgehead atoms. The molecule has 0 N–H and O–H groups in total. The summed E-state index contributed by atoms with van der Waals surface area (Å²) < 4.78 is 0. The zero-order valence-electron chi connectivity index (χ0n) is 12.3. The predicted octanol–water partition coefficient (Wildman–Crippen LogP) is 5.36. The zero-order chi connectivity index (χ0) is 13.8. The topological polar surface area (TPSA) is 12.9 Å². The van der Waals surface area contributed by atoms with E-state index in [0.29, 0.717) is 0 Å². The molecule has 0 fully saturated rings. The molecule has 0 aliphatic heterocycles. The highest BCUT2D eigenvalue weighted by molar-refractivity contribution is 5.58. The SMILES string of the molecule is CC.CC.CCc1ccc(-c2ccccn2)cc1. The molecule has 0 aliphatic rings. The Hall–Kier alpha value is -1.63. The molecule has 2 aromatic rings. The van der Waals surface area contributed by atoms with Crippen molar-refractivity contribution in [3.63, 3.8) is 0 Å². The fraction of sp³-hybridized carbons (Fsp3) is 0.353. The Morgan fingerprint density at radius 2 is 1.44 bits per heavy atom. The summed E-state index contributed by atoms with van der Waals surface area (Å²) in [7, 11) is 0. The van der Waals surface area contributed by atoms with Crippen LogP contribution in [0.2, 0.25) is 0 Å². The van der Waals surface area contributed by atoms with Gasteiger partial charge in [-0.1, -0.05) is 65.0 Å². The number of rotatable bonds is 2. The van der Waals surface area contributed by atoms with E-state index >= 15 is 0 Å². The van der Waals surface area contributed by atoms with Gasteiger partial charge in [-0.05, 0) is 24.1 Å². The molecule has 1 nitrogen and oxygen atoms in total. The Balaban J connectivity index is 0.000000659. The highest BCUT2D eigenvalue weighted by atomic mass is 14.7. The number of pyridine rings is 1. The Morgan fingerprint density at radius 1 is 0.833 bits per heavy atom. The van der Waals surface area contributed by atoms with Crippen LogP contribution in [0.5, 0.6) is 0 Å². The standard InChI is InChI=1S/C13H13N.2C2H6/c1-2-11-6-8-12(9-7-11)13-5-3-4-10-14-13;2*1-2/h3-10H,2H2,1H3;2*1-2H3. The molecule has 0 atom stereocenters. The van der Waals surface area contributed by atoms with E-state index < -0.39 is 0 Å². The van der Waals surface area contributed by atoms with E-state index in [1.165, 1.54) is 11.1 Å². The summed E-state index contributed by atoms with van der Waals surface area (Å²) in [6, 6.07) is 14.5. The quantitative estimate of drug-likeness (QED) is 0.691. The first-order chi connectivity index (χ1) is 8.90. The first-order valence-electron chi connectivity index (χ1n) is 6.90. The third-order valence-corrected chi connectivity index (χ3v) is 2.32. The van der Waals surface area contributed by atoms with E-state index in [1.807, 2.05) is 52.1 Å². The zero-order valence-corrected chi connectivity index (χ0v) is 12.3. The van der Waals surface area contributed by atoms with Crippen LogP contribution >= 0.6 is 0 Å². The number of benzene rings is 1. The van der Waals surface area contributed by atoms with Crippen molar-refractivity contribution in [2.75, 3.05) is 0 Å². The largest absolute Gasteiger partial charge is 0.256 e. The van der Waals surface area contributed by atoms with Crippen molar-refractivity contribution in [3.8, 4) is 11.3 Å². The van der Waals surface area contributed by atoms with Gasteiger partial charge < -0.3 is 0 Å². The first-order valence-corrected chi connectivity index (χ1v) is 6.90. The van der Waals surface area contributed by atoms with Gasteiger partial charge in [0.05, 0.1) is 5.69 Å². The van der Waals surface area contributed by atoms with Crippen LogP contribution in [0.25, 0.3) is 11.3 Å². The molecule has 2 rings (SSSR count). The summed E-state index contributed by atoms with van der Waals surface area (Å²) in [5.74, 6) is 0. The summed E-state index contributed by atoms with van der Waals surface area (Å²) in [5, 5.41) is 0. The average Bonchev–Trinajstić information content (AvgIpc) is 2.52. The molecule has 0 aliphatic carbocycles. The third-order valence-electron chi connectivity index (χ3n) is 2.32. The number of aromatic nitrogens is 1. The monoisotopic (exact) mass is 243 g/mol. The summed E-state index contributed by atoms with van der Waals surface area (Å²) in [6.07, 6.45) is 2.91. The van der Waals surface area contributed by atoms with Crippen LogP contribution in [0.4, 0.5) is 0 Å². The smallest absolute Gasteiger partial charge is 0.0701 e. The van der Waals surface area contributed by atoms with E-state index in [9.17, 15) is 0 Å². The molecule has 1 aromatic heterocycles. The Morgan fingerprint density at radius 3 is 1.89 bits per heavy atom. The van der Waals surface area contributed by atoms with Gasteiger partial charge in [0, 0.05) is 11.8 Å². The van der Waals surface area contributed by atoms with E-state index in [-0.39, 0.29) is 0 Å². The van der Waals surface area contributed by atoms with Gasteiger partial charge >= 0.3 is 0 Å². The molecule has 0 unspecified atom stereocenters. The molecule has 0 saturated heterocycles. The van der Waals surface area contributed by atoms with Gasteiger partial charge in [0.25, 0.3) is 0 Å². The molecular weight excluding hydrogens is 218 g/mol. The lowest BCUT2D eigenvalue weighted by Gasteiger charge is -2.01. The van der Waals surface area contributed by atoms with Crippen molar-refractivity contribution < 1.29 is 0 Å². The maximum Gasteiger partial charge on any atom is 0.0701 e. The molecule has 18 heavy (non-hydrogen) atoms. The number of hydrogen-bond acceptors (Lipinski definition) is 1. The van der Waals surface area contributed by atoms with Gasteiger partial charge in [-0.2, -0.15) is 0 Å². The summed E-state index contributed by atoms with van der Waals surface area (Å²) in [6.45, 7) is 10.2. The van der Waals surface area contributed by atoms with E-state index in [1.54, 1.807) is 0 Å². The minimum absolute atomic E-state index is 1.04. The summed E-state index contributed by atoms with van der Waals surface area (Å²) >= 11 is 0. The average molecular weight is 243 g/mol. The van der Waals surface area contributed by atoms with Crippen molar-refractivity contribution in [2.24, 2.45) is 0 Å². The summed E-state index contributed by atoms with van der Waals surface area (Å²) in [4.78, 5) is 4.30. The lowest BCUT2D eigenvalue weighted by atomic mass is 10.1. The fourth-order valence-corrected chi connectivity index (χ4v) is 1.44. The highest BCUT2D eigenvalue weighted by Crippen LogP contribution is 2.16. The molecule has 1 heterocycles. The molecule has 0 saturated carbocycles. The Labute approximate surface area is 112 Å². The van der Waals surface area contributed by atoms with Crippen molar-refractivity contribution in [1.29, 1.82) is 0 Å². The Kier molecular flexibility index (Phi) is 9.57. The number of hydrogen-bond donors (Lipinski definition) is 0. The van der Waals surface area contributed by atoms with Crippen molar-refractivity contribution >= 4 is 0 Å². The van der Waals surface area contributed by atoms with Crippen molar-refractivity contribution in [2.45, 2.75) is 41.0 Å². The molecule has 98 valence electrons. The van der Waals surface area contributed by atoms with E-state index in [0.717, 1.165) is 12.1 Å². The van der Waals surface area contributed by atoms with Gasteiger partial charge in [0.2, 0.25) is 0 Å². The third kappa shape index (κ3) is 5.13. The second-order valence-corrected chi connectivity index (χ2v) is 3.27. The predicted molar refractivity (Wildman–Crippen MR) is 81.7 cm³/mol. The second kappa shape index (κ2) is 10.5. The molecule has 1 heteroatoms. The molecule has 1 aromatic carbocycles. The van der Waals surface area contributed by atoms with Crippen LogP contribution < -0.4 is 0 Å². The fourth-order valence-electron chi connectivity index (χ4n) is 1.44. The van der Waals surface area contributed by atoms with E-state index in [4.69, 9.17) is 0 Å². The van der Waals surface area contributed by atoms with Crippen molar-refractivity contribution in [1.82, 2.24) is 4.98 Å². The molecule has 0 spiro atoms. The van der Waals surface area contributed by atoms with Crippen LogP contribution in [0.15, 0.2) is 48.7 Å². The normalized spacial score (nSPS) is 8.50. The van der Waals surface area contributed by atoms with Crippen LogP contribution in [0, 0.1) is 0 Å². The minimum atomic E-state index is 1.04. The second-order valence-electron chi connectivity index (χ2n) is 3.27. The van der Waals surface area contributed by atoms with Gasteiger partial charge in [-0.25, -0.2) is 0 Å². The van der Waals surface area contributed by atoms with Crippen LogP contribution in [-0.4, -0.2) is 4.98 Å². The van der Waals surface area contributed by atoms with Gasteiger partial charge in [-0.15, -0.1) is 0 Å². The van der Waals surface area contributed by atoms with Crippen LogP contribution in [0.3, 0.4) is 0 Å². The lowest BCUT2D eigenvalue weighted by Crippen LogP contribution is -1.83. The maximum atomic E-state index is 4.30. The van der Waals surface area contributed by atoms with Crippen LogP contribution in [-0.2, 0) is 6.42 Å².